The molecule has 3 amide bonds. The summed E-state index contributed by atoms with van der Waals surface area (Å²) in [7, 11) is 3.66. The molecule has 3 heterocycles. The van der Waals surface area contributed by atoms with E-state index in [2.05, 4.69) is 49.6 Å². The minimum Gasteiger partial charge on any atom is -0.368 e. The van der Waals surface area contributed by atoms with E-state index in [4.69, 9.17) is 23.8 Å². The van der Waals surface area contributed by atoms with Gasteiger partial charge in [0.05, 0.1) is 10.3 Å². The first-order valence-corrected chi connectivity index (χ1v) is 13.5. The van der Waals surface area contributed by atoms with Gasteiger partial charge in [0.15, 0.2) is 10.4 Å². The molecular formula is C23H30ClN7O3S2. The van der Waals surface area contributed by atoms with Crippen molar-refractivity contribution in [3.63, 3.8) is 0 Å². The van der Waals surface area contributed by atoms with Crippen LogP contribution in [0.15, 0.2) is 30.1 Å². The number of hydrogen-bond donors (Lipinski definition) is 5. The van der Waals surface area contributed by atoms with Crippen LogP contribution in [-0.2, 0) is 14.4 Å². The van der Waals surface area contributed by atoms with E-state index in [-0.39, 0.29) is 40.1 Å². The van der Waals surface area contributed by atoms with Gasteiger partial charge in [0, 0.05) is 50.0 Å². The smallest absolute Gasteiger partial charge is 0.284 e. The molecule has 0 radical (unpaired) electrons. The minimum atomic E-state index is -0.508. The van der Waals surface area contributed by atoms with Gasteiger partial charge in [0.25, 0.3) is 11.8 Å². The van der Waals surface area contributed by atoms with E-state index >= 15 is 0 Å². The quantitative estimate of drug-likeness (QED) is 0.338. The van der Waals surface area contributed by atoms with Crippen LogP contribution in [0.2, 0.25) is 5.02 Å². The van der Waals surface area contributed by atoms with E-state index in [9.17, 15) is 14.4 Å². The fourth-order valence-electron chi connectivity index (χ4n) is 4.65. The lowest BCUT2D eigenvalue weighted by molar-refractivity contribution is -0.127. The van der Waals surface area contributed by atoms with Crippen molar-refractivity contribution in [1.29, 1.82) is 0 Å². The number of hydrogen-bond acceptors (Lipinski definition) is 8. The summed E-state index contributed by atoms with van der Waals surface area (Å²) >= 11 is 12.8. The van der Waals surface area contributed by atoms with Crippen molar-refractivity contribution in [2.75, 3.05) is 32.5 Å². The fraction of sp³-hybridized carbons (Fsp3) is 0.522. The lowest BCUT2D eigenvalue weighted by Crippen LogP contribution is -2.58. The molecule has 10 nitrogen and oxygen atoms in total. The average molecular weight is 552 g/mol. The van der Waals surface area contributed by atoms with Gasteiger partial charge in [-0.3, -0.25) is 14.4 Å². The molecule has 36 heavy (non-hydrogen) atoms. The van der Waals surface area contributed by atoms with Crippen molar-refractivity contribution in [1.82, 2.24) is 31.2 Å². The zero-order chi connectivity index (χ0) is 25.8. The second-order valence-electron chi connectivity index (χ2n) is 9.16. The number of amides is 3. The molecule has 0 bridgehead atoms. The highest BCUT2D eigenvalue weighted by Crippen LogP contribution is 2.33. The summed E-state index contributed by atoms with van der Waals surface area (Å²) in [6.07, 6.45) is 5.17. The molecule has 2 fully saturated rings. The van der Waals surface area contributed by atoms with E-state index in [0.29, 0.717) is 30.1 Å². The molecule has 1 saturated heterocycles. The molecule has 13 heteroatoms. The zero-order valence-corrected chi connectivity index (χ0v) is 22.4. The maximum Gasteiger partial charge on any atom is 0.284 e. The van der Waals surface area contributed by atoms with Gasteiger partial charge in [-0.2, -0.15) is 0 Å². The monoisotopic (exact) mass is 551 g/mol. The molecule has 1 aromatic heterocycles. The third-order valence-electron chi connectivity index (χ3n) is 6.57. The van der Waals surface area contributed by atoms with Crippen LogP contribution in [0.3, 0.4) is 0 Å². The number of aromatic nitrogens is 1. The summed E-state index contributed by atoms with van der Waals surface area (Å²) in [6.45, 7) is 1.73. The van der Waals surface area contributed by atoms with Crippen LogP contribution in [0.25, 0.3) is 0 Å². The molecule has 194 valence electrons. The van der Waals surface area contributed by atoms with Gasteiger partial charge in [-0.05, 0) is 38.4 Å². The number of nitrogens with zero attached hydrogens (tertiary/aromatic N) is 2. The summed E-state index contributed by atoms with van der Waals surface area (Å²) in [6, 6.07) is 2.52. The van der Waals surface area contributed by atoms with Crippen molar-refractivity contribution in [2.45, 2.75) is 42.0 Å². The lowest BCUT2D eigenvalue weighted by atomic mass is 9.81. The number of fused-ring (bicyclic) bond motifs is 1. The van der Waals surface area contributed by atoms with Crippen LogP contribution in [0.4, 0.5) is 5.82 Å². The van der Waals surface area contributed by atoms with Gasteiger partial charge in [-0.1, -0.05) is 29.9 Å². The van der Waals surface area contributed by atoms with E-state index in [1.54, 1.807) is 30.9 Å². The minimum absolute atomic E-state index is 0.0121. The predicted molar refractivity (Wildman–Crippen MR) is 145 cm³/mol. The van der Waals surface area contributed by atoms with E-state index in [0.717, 1.165) is 18.8 Å². The molecular weight excluding hydrogens is 522 g/mol. The number of carbonyl (C=O) groups is 3. The fourth-order valence-corrected chi connectivity index (χ4v) is 6.34. The van der Waals surface area contributed by atoms with Crippen LogP contribution in [-0.4, -0.2) is 82.5 Å². The summed E-state index contributed by atoms with van der Waals surface area (Å²) in [5.41, 5.74) is 1.09. The first kappa shape index (κ1) is 26.6. The Kier molecular flexibility index (Phi) is 8.70. The summed E-state index contributed by atoms with van der Waals surface area (Å²) in [5.74, 6) is -0.622. The molecule has 5 atom stereocenters. The Morgan fingerprint density at radius 1 is 1.19 bits per heavy atom. The topological polar surface area (TPSA) is 127 Å². The second kappa shape index (κ2) is 11.8. The molecule has 1 saturated carbocycles. The van der Waals surface area contributed by atoms with Gasteiger partial charge in [0.2, 0.25) is 5.91 Å². The van der Waals surface area contributed by atoms with E-state index in [1.165, 1.54) is 6.20 Å². The number of pyridine rings is 1. The normalized spacial score (nSPS) is 27.6. The maximum absolute atomic E-state index is 13.2. The van der Waals surface area contributed by atoms with Crippen LogP contribution in [0.5, 0.6) is 0 Å². The molecule has 4 rings (SSSR count). The number of carbonyl (C=O) groups excluding carboxylic acids is 3. The van der Waals surface area contributed by atoms with Gasteiger partial charge in [-0.25, -0.2) is 4.98 Å². The van der Waals surface area contributed by atoms with Gasteiger partial charge in [0.1, 0.15) is 5.82 Å². The molecule has 1 aliphatic carbocycles. The van der Waals surface area contributed by atoms with Crippen LogP contribution < -0.4 is 26.6 Å². The average Bonchev–Trinajstić information content (AvgIpc) is 3.29. The number of thiocarbonyl (C=S) groups is 1. The second-order valence-corrected chi connectivity index (χ2v) is 11.3. The lowest BCUT2D eigenvalue weighted by Gasteiger charge is -2.37. The van der Waals surface area contributed by atoms with Crippen molar-refractivity contribution in [3.05, 3.63) is 35.1 Å². The summed E-state index contributed by atoms with van der Waals surface area (Å²) < 4.78 is 0. The largest absolute Gasteiger partial charge is 0.368 e. The first-order valence-electron chi connectivity index (χ1n) is 11.8. The summed E-state index contributed by atoms with van der Waals surface area (Å²) in [5, 5.41) is 15.2. The standard InChI is InChI=1S/C23H30ClN7O3S2/c1-25-19(32)12-3-5-14(28-22(35)20(33)30-18-6-4-13(24)10-26-18)16(9-12)27-21(34)23-29-15-7-8-31(2)11-17(15)36-23/h4,6-7,10,12,14,16-17,23,29H,3,5,8-9,11H2,1-2H3,(H,25,32)(H,27,34)(H,28,35)(H,26,30,33)/t12-,14-,16+,17?,23?/m0/s1. The number of likely N-dealkylation sites (N-methyl/N-ethyl adjacent to an activating group) is 1. The Morgan fingerprint density at radius 2 is 2.00 bits per heavy atom. The molecule has 3 aliphatic rings. The maximum atomic E-state index is 13.2. The van der Waals surface area contributed by atoms with Crippen molar-refractivity contribution < 1.29 is 14.4 Å². The Hall–Kier alpha value is -2.41. The number of thioether (sulfide) groups is 1. The highest BCUT2D eigenvalue weighted by atomic mass is 35.5. The molecule has 0 spiro atoms. The van der Waals surface area contributed by atoms with E-state index in [1.807, 2.05) is 0 Å². The number of rotatable bonds is 5. The van der Waals surface area contributed by atoms with E-state index < -0.39 is 11.3 Å². The number of halogens is 1. The highest BCUT2D eigenvalue weighted by molar-refractivity contribution is 8.01. The van der Waals surface area contributed by atoms with Crippen molar-refractivity contribution >= 4 is 64.1 Å². The highest BCUT2D eigenvalue weighted by Gasteiger charge is 2.40. The number of nitrogens with one attached hydrogen (secondary N) is 5. The third kappa shape index (κ3) is 6.47. The van der Waals surface area contributed by atoms with Crippen LogP contribution in [0.1, 0.15) is 19.3 Å². The predicted octanol–water partition coefficient (Wildman–Crippen LogP) is 0.850. The zero-order valence-electron chi connectivity index (χ0n) is 20.0. The Balaban J connectivity index is 1.40. The Labute approximate surface area is 224 Å². The van der Waals surface area contributed by atoms with Gasteiger partial charge < -0.3 is 31.5 Å². The molecule has 1 aromatic rings. The van der Waals surface area contributed by atoms with Gasteiger partial charge in [-0.15, -0.1) is 11.8 Å². The van der Waals surface area contributed by atoms with Crippen LogP contribution in [0, 0.1) is 5.92 Å². The molecule has 2 aliphatic heterocycles. The van der Waals surface area contributed by atoms with Crippen LogP contribution >= 0.6 is 35.6 Å². The van der Waals surface area contributed by atoms with Gasteiger partial charge >= 0.3 is 0 Å². The van der Waals surface area contributed by atoms with Crippen molar-refractivity contribution in [3.8, 4) is 0 Å². The summed E-state index contributed by atoms with van der Waals surface area (Å²) in [4.78, 5) is 44.5. The molecule has 0 aromatic carbocycles. The Bertz CT molecular complexity index is 1050. The SMILES string of the molecule is CNC(=O)[C@H]1CC[C@H](NC(=S)C(=O)Nc2ccc(Cl)cn2)[C@H](NC(=O)C2NC3=CCN(C)CC3S2)C1. The first-order chi connectivity index (χ1) is 17.2. The number of anilines is 1. The Morgan fingerprint density at radius 3 is 2.72 bits per heavy atom. The molecule has 2 unspecified atom stereocenters. The van der Waals surface area contributed by atoms with Crippen molar-refractivity contribution in [2.24, 2.45) is 5.92 Å². The third-order valence-corrected chi connectivity index (χ3v) is 8.43. The molecule has 5 N–H and O–H groups in total.